The summed E-state index contributed by atoms with van der Waals surface area (Å²) in [6.45, 7) is 7.42. The number of hydrogen-bond donors (Lipinski definition) is 2. The summed E-state index contributed by atoms with van der Waals surface area (Å²) in [4.78, 5) is 44.3. The Hall–Kier alpha value is -3.56. The van der Waals surface area contributed by atoms with Gasteiger partial charge in [0.15, 0.2) is 6.17 Å². The van der Waals surface area contributed by atoms with Gasteiger partial charge >= 0.3 is 0 Å². The number of halogens is 1. The number of nitrogens with zero attached hydrogens (tertiary/aromatic N) is 2. The van der Waals surface area contributed by atoms with E-state index in [4.69, 9.17) is 0 Å². The number of amides is 3. The molecular weight excluding hydrogens is 529 g/mol. The van der Waals surface area contributed by atoms with Gasteiger partial charge in [-0.15, -0.1) is 11.3 Å². The van der Waals surface area contributed by atoms with Crippen LogP contribution in [-0.4, -0.2) is 63.5 Å². The van der Waals surface area contributed by atoms with Gasteiger partial charge in [0.25, 0.3) is 5.91 Å². The number of thiophene rings is 1. The Labute approximate surface area is 237 Å². The molecule has 210 valence electrons. The molecule has 2 N–H and O–H groups in total. The molecule has 2 aliphatic heterocycles. The highest BCUT2D eigenvalue weighted by Gasteiger charge is 2.51. The fourth-order valence-corrected chi connectivity index (χ4v) is 6.67. The third-order valence-corrected chi connectivity index (χ3v) is 8.97. The normalized spacial score (nSPS) is 22.0. The molecule has 0 radical (unpaired) electrons. The molecule has 5 rings (SSSR count). The average molecular weight is 564 g/mol. The van der Waals surface area contributed by atoms with Gasteiger partial charge < -0.3 is 20.2 Å². The molecule has 2 aromatic carbocycles. The summed E-state index contributed by atoms with van der Waals surface area (Å²) in [5, 5.41) is 15.3. The van der Waals surface area contributed by atoms with E-state index in [2.05, 4.69) is 18.3 Å². The highest BCUT2D eigenvalue weighted by Crippen LogP contribution is 2.32. The van der Waals surface area contributed by atoms with Gasteiger partial charge in [-0.05, 0) is 59.5 Å². The number of likely N-dealkylation sites (tertiary alicyclic amines) is 1. The number of carbonyl (C=O) groups is 3. The molecule has 7 nitrogen and oxygen atoms in total. The molecule has 9 heteroatoms. The van der Waals surface area contributed by atoms with Crippen molar-refractivity contribution in [3.8, 4) is 10.4 Å². The van der Waals surface area contributed by atoms with Crippen LogP contribution in [0.1, 0.15) is 53.9 Å². The second-order valence-electron chi connectivity index (χ2n) is 11.0. The van der Waals surface area contributed by atoms with E-state index in [0.717, 1.165) is 21.6 Å². The van der Waals surface area contributed by atoms with Crippen molar-refractivity contribution >= 4 is 29.1 Å². The molecule has 0 saturated carbocycles. The molecule has 2 aliphatic rings. The number of nitrogens with one attached hydrogen (secondary N) is 1. The number of carbonyl (C=O) groups excluding carboxylic acids is 3. The standard InChI is InChI=1S/C31H34FN3O4S/c1-17(2)26(34-15-22-7-5-6-8-23(22)30(34)38)31(39)35-16-24(36)25(32)27(35)29(37)33-19(4)20-9-11-21(12-10-20)28-18(3)13-14-40-28/h5-14,17,19,24-27,36H,15-16H2,1-4H3,(H,33,37)/t19-,24-,25-,26-,27?/m0/s1. The van der Waals surface area contributed by atoms with Crippen LogP contribution in [0, 0.1) is 12.8 Å². The minimum absolute atomic E-state index is 0.258. The van der Waals surface area contributed by atoms with E-state index in [1.54, 1.807) is 30.4 Å². The van der Waals surface area contributed by atoms with Crippen LogP contribution in [0.2, 0.25) is 0 Å². The van der Waals surface area contributed by atoms with Crippen molar-refractivity contribution in [3.05, 3.63) is 82.2 Å². The predicted octanol–water partition coefficient (Wildman–Crippen LogP) is 4.49. The summed E-state index contributed by atoms with van der Waals surface area (Å²) < 4.78 is 15.3. The van der Waals surface area contributed by atoms with Gasteiger partial charge in [0.05, 0.1) is 12.6 Å². The zero-order valence-corrected chi connectivity index (χ0v) is 23.8. The molecular formula is C31H34FN3O4S. The molecule has 1 saturated heterocycles. The molecule has 1 fully saturated rings. The van der Waals surface area contributed by atoms with Gasteiger partial charge in [-0.3, -0.25) is 14.4 Å². The fraction of sp³-hybridized carbons (Fsp3) is 0.387. The summed E-state index contributed by atoms with van der Waals surface area (Å²) in [5.74, 6) is -1.79. The van der Waals surface area contributed by atoms with Crippen LogP contribution in [0.15, 0.2) is 60.0 Å². The number of alkyl halides is 1. The minimum atomic E-state index is -1.94. The Morgan fingerprint density at radius 2 is 1.77 bits per heavy atom. The lowest BCUT2D eigenvalue weighted by Gasteiger charge is -2.35. The third kappa shape index (κ3) is 5.04. The zero-order chi connectivity index (χ0) is 28.7. The summed E-state index contributed by atoms with van der Waals surface area (Å²) in [7, 11) is 0. The Balaban J connectivity index is 1.33. The maximum Gasteiger partial charge on any atom is 0.255 e. The van der Waals surface area contributed by atoms with E-state index in [1.807, 2.05) is 55.6 Å². The average Bonchev–Trinajstić information content (AvgIpc) is 3.59. The summed E-state index contributed by atoms with van der Waals surface area (Å²) in [6.07, 6.45) is -3.44. The molecule has 3 amide bonds. The molecule has 3 aromatic rings. The first-order valence-corrected chi connectivity index (χ1v) is 14.4. The van der Waals surface area contributed by atoms with Gasteiger partial charge in [-0.2, -0.15) is 0 Å². The van der Waals surface area contributed by atoms with E-state index in [0.29, 0.717) is 5.56 Å². The SMILES string of the molecule is Cc1ccsc1-c1ccc([C@H](C)NC(=O)C2[C@@H](F)[C@@H](O)CN2C(=O)[C@H](C(C)C)N2Cc3ccccc3C2=O)cc1. The number of aliphatic hydroxyl groups excluding tert-OH is 1. The van der Waals surface area contributed by atoms with Gasteiger partial charge in [-0.25, -0.2) is 4.39 Å². The molecule has 40 heavy (non-hydrogen) atoms. The summed E-state index contributed by atoms with van der Waals surface area (Å²) >= 11 is 1.66. The van der Waals surface area contributed by atoms with Gasteiger partial charge in [0.1, 0.15) is 18.2 Å². The first-order valence-electron chi connectivity index (χ1n) is 13.5. The lowest BCUT2D eigenvalue weighted by molar-refractivity contribution is -0.144. The fourth-order valence-electron chi connectivity index (χ4n) is 5.73. The molecule has 3 heterocycles. The van der Waals surface area contributed by atoms with Crippen LogP contribution in [0.5, 0.6) is 0 Å². The van der Waals surface area contributed by atoms with Gasteiger partial charge in [0, 0.05) is 17.0 Å². The topological polar surface area (TPSA) is 89.9 Å². The maximum atomic E-state index is 15.3. The van der Waals surface area contributed by atoms with Gasteiger partial charge in [-0.1, -0.05) is 56.3 Å². The molecule has 0 spiro atoms. The van der Waals surface area contributed by atoms with Crippen molar-refractivity contribution in [2.45, 2.75) is 64.6 Å². The number of β-amino-alcohol motifs (C(OH)–C–C–N with tert-alkyl or cyclic N) is 1. The number of aliphatic hydroxyl groups is 1. The number of benzene rings is 2. The first kappa shape index (κ1) is 28.0. The van der Waals surface area contributed by atoms with Crippen molar-refractivity contribution < 1.29 is 23.9 Å². The lowest BCUT2D eigenvalue weighted by atomic mass is 10.00. The molecule has 0 aliphatic carbocycles. The second-order valence-corrected chi connectivity index (χ2v) is 11.9. The van der Waals surface area contributed by atoms with E-state index >= 15 is 4.39 Å². The predicted molar refractivity (Wildman–Crippen MR) is 152 cm³/mol. The van der Waals surface area contributed by atoms with E-state index in [1.165, 1.54) is 15.3 Å². The van der Waals surface area contributed by atoms with E-state index in [9.17, 15) is 19.5 Å². The lowest BCUT2D eigenvalue weighted by Crippen LogP contribution is -2.56. The van der Waals surface area contributed by atoms with Crippen molar-refractivity contribution in [1.82, 2.24) is 15.1 Å². The summed E-state index contributed by atoms with van der Waals surface area (Å²) in [6, 6.07) is 14.2. The molecule has 1 aromatic heterocycles. The van der Waals surface area contributed by atoms with Crippen molar-refractivity contribution in [3.63, 3.8) is 0 Å². The molecule has 1 unspecified atom stereocenters. The number of fused-ring (bicyclic) bond motifs is 1. The Morgan fingerprint density at radius 3 is 2.40 bits per heavy atom. The maximum absolute atomic E-state index is 15.3. The van der Waals surface area contributed by atoms with Gasteiger partial charge in [0.2, 0.25) is 11.8 Å². The van der Waals surface area contributed by atoms with Crippen LogP contribution < -0.4 is 5.32 Å². The molecule has 5 atom stereocenters. The Morgan fingerprint density at radius 1 is 1.07 bits per heavy atom. The number of rotatable bonds is 7. The van der Waals surface area contributed by atoms with Crippen LogP contribution in [-0.2, 0) is 16.1 Å². The Kier molecular flexibility index (Phi) is 7.79. The Bertz CT molecular complexity index is 1420. The van der Waals surface area contributed by atoms with E-state index in [-0.39, 0.29) is 24.9 Å². The van der Waals surface area contributed by atoms with Crippen LogP contribution in [0.3, 0.4) is 0 Å². The monoisotopic (exact) mass is 563 g/mol. The highest BCUT2D eigenvalue weighted by molar-refractivity contribution is 7.13. The van der Waals surface area contributed by atoms with E-state index < -0.39 is 42.2 Å². The number of aryl methyl sites for hydroxylation is 1. The first-order chi connectivity index (χ1) is 19.1. The summed E-state index contributed by atoms with van der Waals surface area (Å²) in [5.41, 5.74) is 4.45. The van der Waals surface area contributed by atoms with Crippen molar-refractivity contribution in [1.29, 1.82) is 0 Å². The third-order valence-electron chi connectivity index (χ3n) is 7.90. The largest absolute Gasteiger partial charge is 0.388 e. The zero-order valence-electron chi connectivity index (χ0n) is 23.0. The quantitative estimate of drug-likeness (QED) is 0.443. The van der Waals surface area contributed by atoms with Crippen LogP contribution in [0.4, 0.5) is 4.39 Å². The van der Waals surface area contributed by atoms with Crippen molar-refractivity contribution in [2.75, 3.05) is 6.54 Å². The smallest absolute Gasteiger partial charge is 0.255 e. The molecule has 0 bridgehead atoms. The minimum Gasteiger partial charge on any atom is -0.388 e. The van der Waals surface area contributed by atoms with Crippen LogP contribution >= 0.6 is 11.3 Å². The number of hydrogen-bond acceptors (Lipinski definition) is 5. The highest BCUT2D eigenvalue weighted by atomic mass is 32.1. The van der Waals surface area contributed by atoms with Crippen LogP contribution in [0.25, 0.3) is 10.4 Å². The second kappa shape index (κ2) is 11.1. The van der Waals surface area contributed by atoms with Crippen molar-refractivity contribution in [2.24, 2.45) is 5.92 Å².